The van der Waals surface area contributed by atoms with Crippen molar-refractivity contribution in [3.8, 4) is 12.1 Å². The lowest BCUT2D eigenvalue weighted by Gasteiger charge is -2.31. The van der Waals surface area contributed by atoms with Gasteiger partial charge in [0.05, 0.1) is 23.0 Å². The van der Waals surface area contributed by atoms with Crippen molar-refractivity contribution in [2.45, 2.75) is 58.4 Å². The van der Waals surface area contributed by atoms with Crippen LogP contribution in [-0.4, -0.2) is 18.8 Å². The van der Waals surface area contributed by atoms with Gasteiger partial charge in [-0.1, -0.05) is 74.5 Å². The monoisotopic (exact) mass is 649 g/mol. The molecule has 6 rings (SSSR count). The molecule has 3 aliphatic rings. The largest absolute Gasteiger partial charge is 0.367 e. The van der Waals surface area contributed by atoms with E-state index in [2.05, 4.69) is 13.8 Å². The number of benzene rings is 3. The maximum atomic E-state index is 15.9. The van der Waals surface area contributed by atoms with Crippen molar-refractivity contribution in [3.63, 3.8) is 0 Å². The molecule has 0 saturated carbocycles. The smallest absolute Gasteiger partial charge is 0.185 e. The van der Waals surface area contributed by atoms with E-state index in [0.29, 0.717) is 43.8 Å². The van der Waals surface area contributed by atoms with E-state index in [1.807, 2.05) is 72.8 Å². The van der Waals surface area contributed by atoms with E-state index in [1.54, 1.807) is 12.1 Å². The molecule has 1 saturated heterocycles. The zero-order valence-corrected chi connectivity index (χ0v) is 26.9. The topological polar surface area (TPSA) is 66.4 Å². The third-order valence-electron chi connectivity index (χ3n) is 9.20. The van der Waals surface area contributed by atoms with Crippen LogP contribution in [-0.2, 0) is 0 Å². The molecule has 1 unspecified atom stereocenters. The van der Waals surface area contributed by atoms with Crippen molar-refractivity contribution >= 4 is 23.2 Å². The Balaban J connectivity index is 1.34. The van der Waals surface area contributed by atoms with Crippen molar-refractivity contribution in [1.82, 2.24) is 0 Å². The van der Waals surface area contributed by atoms with E-state index < -0.39 is 40.6 Å². The Labute approximate surface area is 278 Å². The summed E-state index contributed by atoms with van der Waals surface area (Å²) in [6, 6.07) is 19.2. The highest BCUT2D eigenvalue weighted by Gasteiger charge is 2.39. The fraction of sp³-hybridized carbons (Fsp3) is 0.308. The first kappa shape index (κ1) is 32.8. The highest BCUT2D eigenvalue weighted by Crippen LogP contribution is 2.43. The number of nitriles is 2. The van der Waals surface area contributed by atoms with E-state index in [0.717, 1.165) is 35.1 Å². The lowest BCUT2D eigenvalue weighted by atomic mass is 9.74. The molecule has 48 heavy (non-hydrogen) atoms. The summed E-state index contributed by atoms with van der Waals surface area (Å²) in [6.07, 6.45) is 9.47. The van der Waals surface area contributed by atoms with Gasteiger partial charge in [-0.15, -0.1) is 0 Å². The Bertz CT molecular complexity index is 1880. The van der Waals surface area contributed by atoms with Gasteiger partial charge in [-0.05, 0) is 71.9 Å². The molecule has 2 heterocycles. The molecular weight excluding hydrogens is 614 g/mol. The van der Waals surface area contributed by atoms with E-state index >= 15 is 17.6 Å². The van der Waals surface area contributed by atoms with Gasteiger partial charge in [0, 0.05) is 19.5 Å². The second-order valence-electron chi connectivity index (χ2n) is 13.3. The van der Waals surface area contributed by atoms with Crippen molar-refractivity contribution in [1.29, 1.82) is 10.5 Å². The molecule has 1 fully saturated rings. The van der Waals surface area contributed by atoms with Gasteiger partial charge in [0.25, 0.3) is 0 Å². The molecule has 1 aliphatic carbocycles. The summed E-state index contributed by atoms with van der Waals surface area (Å²) in [5, 5.41) is 24.9. The van der Waals surface area contributed by atoms with Crippen LogP contribution in [0.25, 0.3) is 6.08 Å². The maximum absolute atomic E-state index is 15.9. The van der Waals surface area contributed by atoms with Gasteiger partial charge in [0.2, 0.25) is 0 Å². The summed E-state index contributed by atoms with van der Waals surface area (Å²) in [5.74, 6) is -5.56. The molecule has 0 bridgehead atoms. The zero-order valence-electron chi connectivity index (χ0n) is 26.9. The van der Waals surface area contributed by atoms with Crippen molar-refractivity contribution in [2.24, 2.45) is 10.5 Å². The summed E-state index contributed by atoms with van der Waals surface area (Å²) in [5.41, 5.74) is 2.96. The third-order valence-corrected chi connectivity index (χ3v) is 9.20. The lowest BCUT2D eigenvalue weighted by molar-refractivity contribution is 0.354. The summed E-state index contributed by atoms with van der Waals surface area (Å²) < 4.78 is 63.0. The van der Waals surface area contributed by atoms with Gasteiger partial charge < -0.3 is 4.90 Å². The number of rotatable bonds is 6. The Hall–Kier alpha value is -5.15. The summed E-state index contributed by atoms with van der Waals surface area (Å²) in [7, 11) is 0. The number of piperidine rings is 1. The van der Waals surface area contributed by atoms with Crippen LogP contribution in [0.15, 0.2) is 88.6 Å². The van der Waals surface area contributed by atoms with E-state index in [9.17, 15) is 10.5 Å². The Morgan fingerprint density at radius 3 is 2.10 bits per heavy atom. The van der Waals surface area contributed by atoms with Crippen LogP contribution in [0.2, 0.25) is 0 Å². The number of hydrogen-bond donors (Lipinski definition) is 0. The molecule has 0 aromatic heterocycles. The Kier molecular flexibility index (Phi) is 9.24. The molecule has 3 aromatic carbocycles. The second kappa shape index (κ2) is 13.5. The number of hydrogen-bond acceptors (Lipinski definition) is 5. The highest BCUT2D eigenvalue weighted by molar-refractivity contribution is 6.03. The number of anilines is 2. The van der Waals surface area contributed by atoms with Gasteiger partial charge in [-0.2, -0.15) is 15.6 Å². The van der Waals surface area contributed by atoms with E-state index in [-0.39, 0.29) is 17.4 Å². The summed E-state index contributed by atoms with van der Waals surface area (Å²) >= 11 is 0. The molecule has 244 valence electrons. The first-order valence-corrected chi connectivity index (χ1v) is 16.1. The molecule has 9 heteroatoms. The molecule has 1 atom stereocenters. The fourth-order valence-electron chi connectivity index (χ4n) is 6.94. The predicted molar refractivity (Wildman–Crippen MR) is 180 cm³/mol. The molecule has 0 radical (unpaired) electrons. The van der Waals surface area contributed by atoms with Crippen molar-refractivity contribution in [3.05, 3.63) is 123 Å². The van der Waals surface area contributed by atoms with Gasteiger partial charge in [-0.3, -0.25) is 5.01 Å². The normalized spacial score (nSPS) is 19.2. The first-order chi connectivity index (χ1) is 23.1. The average molecular weight is 650 g/mol. The second-order valence-corrected chi connectivity index (χ2v) is 13.3. The maximum Gasteiger partial charge on any atom is 0.185 e. The lowest BCUT2D eigenvalue weighted by Crippen LogP contribution is -2.32. The zero-order chi connectivity index (χ0) is 34.0. The molecule has 0 amide bonds. The minimum Gasteiger partial charge on any atom is -0.367 e. The van der Waals surface area contributed by atoms with Crippen molar-refractivity contribution in [2.75, 3.05) is 23.0 Å². The number of halogens is 4. The third kappa shape index (κ3) is 6.51. The SMILES string of the molecule is CC1(C)CC(C=Cc2ccc(N3N=C(c4ccccc4)CC3c3c(F)c(F)c(N4CCCCC4)c(F)c3F)cc2)=CC(=C(C#N)C#N)C1. The minimum absolute atomic E-state index is 0.0363. The van der Waals surface area contributed by atoms with Crippen molar-refractivity contribution < 1.29 is 17.6 Å². The van der Waals surface area contributed by atoms with Gasteiger partial charge in [0.1, 0.15) is 23.4 Å². The van der Waals surface area contributed by atoms with Crippen LogP contribution < -0.4 is 9.91 Å². The predicted octanol–water partition coefficient (Wildman–Crippen LogP) is 9.69. The molecular formula is C39H35F4N5. The van der Waals surface area contributed by atoms with E-state index in [4.69, 9.17) is 5.10 Å². The van der Waals surface area contributed by atoms with Gasteiger partial charge >= 0.3 is 0 Å². The number of allylic oxidation sites excluding steroid dienone is 5. The quantitative estimate of drug-likeness (QED) is 0.152. The highest BCUT2D eigenvalue weighted by atomic mass is 19.2. The summed E-state index contributed by atoms with van der Waals surface area (Å²) in [6.45, 7) is 4.85. The Morgan fingerprint density at radius 2 is 1.48 bits per heavy atom. The minimum atomic E-state index is -1.40. The van der Waals surface area contributed by atoms with Crippen LogP contribution in [0.1, 0.15) is 75.1 Å². The molecule has 0 N–H and O–H groups in total. The van der Waals surface area contributed by atoms with Gasteiger partial charge in [0.15, 0.2) is 23.3 Å². The molecule has 2 aliphatic heterocycles. The fourth-order valence-corrected chi connectivity index (χ4v) is 6.94. The van der Waals surface area contributed by atoms with Crippen LogP contribution in [0.3, 0.4) is 0 Å². The molecule has 0 spiro atoms. The van der Waals surface area contributed by atoms with Crippen LogP contribution in [0, 0.1) is 51.3 Å². The van der Waals surface area contributed by atoms with Crippen LogP contribution in [0.5, 0.6) is 0 Å². The Morgan fingerprint density at radius 1 is 0.833 bits per heavy atom. The van der Waals surface area contributed by atoms with Gasteiger partial charge in [-0.25, -0.2) is 17.6 Å². The molecule has 5 nitrogen and oxygen atoms in total. The number of nitrogens with zero attached hydrogens (tertiary/aromatic N) is 5. The first-order valence-electron chi connectivity index (χ1n) is 16.1. The average Bonchev–Trinajstić information content (AvgIpc) is 3.53. The van der Waals surface area contributed by atoms with Crippen LogP contribution >= 0.6 is 0 Å². The summed E-state index contributed by atoms with van der Waals surface area (Å²) in [4.78, 5) is 1.39. The van der Waals surface area contributed by atoms with Crippen LogP contribution in [0.4, 0.5) is 28.9 Å². The number of hydrazone groups is 1. The molecule has 3 aromatic rings. The standard InChI is InChI=1S/C39H35F4N5/c1-39(2)21-26(19-28(22-39)29(23-44)24-45)12-11-25-13-15-30(16-14-25)48-32(20-31(46-48)27-9-5-3-6-10-27)33-34(40)36(42)38(37(43)35(33)41)47-17-7-4-8-18-47/h3,5-6,9-16,19,32H,4,7-8,17-18,20-22H2,1-2H3. The van der Waals surface area contributed by atoms with E-state index in [1.165, 1.54) is 9.91 Å².